The van der Waals surface area contributed by atoms with Crippen molar-refractivity contribution in [3.05, 3.63) is 35.4 Å². The van der Waals surface area contributed by atoms with Gasteiger partial charge in [0.2, 0.25) is 0 Å². The third-order valence-electron chi connectivity index (χ3n) is 3.20. The molecule has 0 aromatic heterocycles. The Bertz CT molecular complexity index is 433. The van der Waals surface area contributed by atoms with Gasteiger partial charge < -0.3 is 10.6 Å². The molecule has 0 unspecified atom stereocenters. The van der Waals surface area contributed by atoms with Gasteiger partial charge >= 0.3 is 0 Å². The van der Waals surface area contributed by atoms with Crippen LogP contribution in [0.3, 0.4) is 0 Å². The third-order valence-corrected chi connectivity index (χ3v) is 3.20. The first-order valence-electron chi connectivity index (χ1n) is 6.51. The molecule has 0 spiro atoms. The van der Waals surface area contributed by atoms with Crippen LogP contribution < -0.4 is 5.73 Å². The van der Waals surface area contributed by atoms with Gasteiger partial charge in [0.15, 0.2) is 11.6 Å². The number of rotatable bonds is 6. The van der Waals surface area contributed by atoms with E-state index in [1.807, 2.05) is 13.8 Å². The molecule has 0 heterocycles. The molecule has 1 aromatic rings. The minimum absolute atomic E-state index is 0.0151. The van der Waals surface area contributed by atoms with Crippen LogP contribution in [0.15, 0.2) is 18.2 Å². The molecule has 1 rings (SSSR count). The minimum atomic E-state index is -1.10. The van der Waals surface area contributed by atoms with Crippen LogP contribution in [-0.4, -0.2) is 29.9 Å². The van der Waals surface area contributed by atoms with Crippen LogP contribution >= 0.6 is 0 Å². The zero-order valence-electron chi connectivity index (χ0n) is 11.3. The van der Waals surface area contributed by atoms with Crippen LogP contribution in [0.1, 0.15) is 37.0 Å². The van der Waals surface area contributed by atoms with Crippen LogP contribution in [-0.2, 0) is 0 Å². The van der Waals surface area contributed by atoms with E-state index in [1.165, 1.54) is 17.0 Å². The lowest BCUT2D eigenvalue weighted by molar-refractivity contribution is 0.0668. The number of hydrogen-bond donors (Lipinski definition) is 1. The summed E-state index contributed by atoms with van der Waals surface area (Å²) >= 11 is 0. The summed E-state index contributed by atoms with van der Waals surface area (Å²) in [5.74, 6) is -2.61. The van der Waals surface area contributed by atoms with E-state index in [9.17, 15) is 13.6 Å². The maximum atomic E-state index is 13.7. The Morgan fingerprint density at radius 3 is 2.47 bits per heavy atom. The number of nitrogens with two attached hydrogens (primary N) is 1. The predicted molar refractivity (Wildman–Crippen MR) is 70.8 cm³/mol. The molecule has 19 heavy (non-hydrogen) atoms. The van der Waals surface area contributed by atoms with Crippen molar-refractivity contribution in [1.82, 2.24) is 4.90 Å². The molecule has 5 heteroatoms. The maximum Gasteiger partial charge on any atom is 0.257 e. The van der Waals surface area contributed by atoms with Crippen molar-refractivity contribution in [2.45, 2.75) is 32.7 Å². The van der Waals surface area contributed by atoms with Gasteiger partial charge in [-0.15, -0.1) is 0 Å². The standard InChI is InChI=1S/C14H20F2N2O/c1-3-10(4-2)18(9-8-17)14(19)11-6-5-7-12(15)13(11)16/h5-7,10H,3-4,8-9,17H2,1-2H3. The minimum Gasteiger partial charge on any atom is -0.334 e. The highest BCUT2D eigenvalue weighted by Crippen LogP contribution is 2.17. The maximum absolute atomic E-state index is 13.7. The Kier molecular flexibility index (Phi) is 5.89. The van der Waals surface area contributed by atoms with Crippen LogP contribution in [0, 0.1) is 11.6 Å². The molecule has 1 amide bonds. The smallest absolute Gasteiger partial charge is 0.257 e. The first-order chi connectivity index (χ1) is 9.06. The summed E-state index contributed by atoms with van der Waals surface area (Å²) in [5.41, 5.74) is 5.26. The Labute approximate surface area is 112 Å². The summed E-state index contributed by atoms with van der Waals surface area (Å²) in [5, 5.41) is 0. The van der Waals surface area contributed by atoms with E-state index in [0.29, 0.717) is 13.1 Å². The van der Waals surface area contributed by atoms with E-state index in [0.717, 1.165) is 18.9 Å². The van der Waals surface area contributed by atoms with Gasteiger partial charge in [0.25, 0.3) is 5.91 Å². The summed E-state index contributed by atoms with van der Waals surface area (Å²) < 4.78 is 26.9. The van der Waals surface area contributed by atoms with Crippen LogP contribution in [0.2, 0.25) is 0 Å². The lowest BCUT2D eigenvalue weighted by Gasteiger charge is -2.30. The zero-order valence-corrected chi connectivity index (χ0v) is 11.3. The lowest BCUT2D eigenvalue weighted by atomic mass is 10.1. The summed E-state index contributed by atoms with van der Waals surface area (Å²) in [6.07, 6.45) is 1.50. The highest BCUT2D eigenvalue weighted by Gasteiger charge is 2.25. The molecule has 2 N–H and O–H groups in total. The van der Waals surface area contributed by atoms with Crippen LogP contribution in [0.4, 0.5) is 8.78 Å². The van der Waals surface area contributed by atoms with Crippen molar-refractivity contribution < 1.29 is 13.6 Å². The number of halogens is 2. The van der Waals surface area contributed by atoms with E-state index in [2.05, 4.69) is 0 Å². The summed E-state index contributed by atoms with van der Waals surface area (Å²) in [6.45, 7) is 4.53. The molecular weight excluding hydrogens is 250 g/mol. The fraction of sp³-hybridized carbons (Fsp3) is 0.500. The van der Waals surface area contributed by atoms with Gasteiger partial charge in [-0.05, 0) is 25.0 Å². The largest absolute Gasteiger partial charge is 0.334 e. The molecule has 0 saturated carbocycles. The van der Waals surface area contributed by atoms with Gasteiger partial charge in [0.1, 0.15) is 0 Å². The number of benzene rings is 1. The highest BCUT2D eigenvalue weighted by molar-refractivity contribution is 5.94. The van der Waals surface area contributed by atoms with Gasteiger partial charge in [-0.25, -0.2) is 8.78 Å². The number of carbonyl (C=O) groups is 1. The molecule has 0 radical (unpaired) electrons. The molecule has 0 bridgehead atoms. The average Bonchev–Trinajstić information content (AvgIpc) is 2.41. The van der Waals surface area contributed by atoms with Gasteiger partial charge in [-0.2, -0.15) is 0 Å². The first kappa shape index (κ1) is 15.6. The normalized spacial score (nSPS) is 10.8. The van der Waals surface area contributed by atoms with Crippen molar-refractivity contribution in [3.63, 3.8) is 0 Å². The molecule has 1 aromatic carbocycles. The van der Waals surface area contributed by atoms with Crippen LogP contribution in [0.5, 0.6) is 0 Å². The third kappa shape index (κ3) is 3.50. The van der Waals surface area contributed by atoms with Crippen molar-refractivity contribution in [2.24, 2.45) is 5.73 Å². The number of amides is 1. The van der Waals surface area contributed by atoms with E-state index in [-0.39, 0.29) is 11.6 Å². The average molecular weight is 270 g/mol. The fourth-order valence-electron chi connectivity index (χ4n) is 2.14. The number of hydrogen-bond acceptors (Lipinski definition) is 2. The molecule has 0 atom stereocenters. The molecule has 0 aliphatic carbocycles. The van der Waals surface area contributed by atoms with E-state index in [1.54, 1.807) is 0 Å². The van der Waals surface area contributed by atoms with E-state index >= 15 is 0 Å². The first-order valence-corrected chi connectivity index (χ1v) is 6.51. The van der Waals surface area contributed by atoms with E-state index in [4.69, 9.17) is 5.73 Å². The number of nitrogens with zero attached hydrogens (tertiary/aromatic N) is 1. The topological polar surface area (TPSA) is 46.3 Å². The molecule has 0 aliphatic rings. The Balaban J connectivity index is 3.08. The van der Waals surface area contributed by atoms with Gasteiger partial charge in [-0.3, -0.25) is 4.79 Å². The molecule has 3 nitrogen and oxygen atoms in total. The second-order valence-electron chi connectivity index (χ2n) is 4.36. The van der Waals surface area contributed by atoms with E-state index < -0.39 is 17.5 Å². The number of carbonyl (C=O) groups excluding carboxylic acids is 1. The monoisotopic (exact) mass is 270 g/mol. The molecule has 0 saturated heterocycles. The predicted octanol–water partition coefficient (Wildman–Crippen LogP) is 2.55. The van der Waals surface area contributed by atoms with Crippen molar-refractivity contribution >= 4 is 5.91 Å². The quantitative estimate of drug-likeness (QED) is 0.863. The Morgan fingerprint density at radius 1 is 1.32 bits per heavy atom. The summed E-state index contributed by atoms with van der Waals surface area (Å²) in [7, 11) is 0. The van der Waals surface area contributed by atoms with Crippen molar-refractivity contribution in [2.75, 3.05) is 13.1 Å². The lowest BCUT2D eigenvalue weighted by Crippen LogP contribution is -2.43. The fourth-order valence-corrected chi connectivity index (χ4v) is 2.14. The van der Waals surface area contributed by atoms with Gasteiger partial charge in [0.05, 0.1) is 5.56 Å². The highest BCUT2D eigenvalue weighted by atomic mass is 19.2. The summed E-state index contributed by atoms with van der Waals surface area (Å²) in [4.78, 5) is 13.9. The molecule has 106 valence electrons. The van der Waals surface area contributed by atoms with Gasteiger partial charge in [-0.1, -0.05) is 19.9 Å². The van der Waals surface area contributed by atoms with Crippen LogP contribution in [0.25, 0.3) is 0 Å². The van der Waals surface area contributed by atoms with Gasteiger partial charge in [0, 0.05) is 19.1 Å². The zero-order chi connectivity index (χ0) is 14.4. The molecular formula is C14H20F2N2O. The molecule has 0 fully saturated rings. The van der Waals surface area contributed by atoms with Crippen molar-refractivity contribution in [1.29, 1.82) is 0 Å². The SMILES string of the molecule is CCC(CC)N(CCN)C(=O)c1cccc(F)c1F. The second-order valence-corrected chi connectivity index (χ2v) is 4.36. The van der Waals surface area contributed by atoms with Crippen molar-refractivity contribution in [3.8, 4) is 0 Å². The second kappa shape index (κ2) is 7.19. The Hall–Kier alpha value is -1.49. The molecule has 0 aliphatic heterocycles. The Morgan fingerprint density at radius 2 is 1.95 bits per heavy atom. The summed E-state index contributed by atoms with van der Waals surface area (Å²) in [6, 6.07) is 3.61.